The molecule has 0 aliphatic heterocycles. The van der Waals surface area contributed by atoms with Crippen LogP contribution in [0.5, 0.6) is 0 Å². The molecule has 0 atom stereocenters. The molecule has 1 aromatic carbocycles. The molecule has 0 bridgehead atoms. The Kier molecular flexibility index (Phi) is 3.40. The molecule has 0 saturated heterocycles. The molecule has 0 radical (unpaired) electrons. The Balaban J connectivity index is 3.46. The molecule has 0 heterocycles. The van der Waals surface area contributed by atoms with Gasteiger partial charge in [-0.3, -0.25) is 0 Å². The summed E-state index contributed by atoms with van der Waals surface area (Å²) in [6, 6.07) is 1.74. The predicted molar refractivity (Wildman–Crippen MR) is 51.7 cm³/mol. The van der Waals surface area contributed by atoms with Gasteiger partial charge in [0.2, 0.25) is 0 Å². The summed E-state index contributed by atoms with van der Waals surface area (Å²) in [4.78, 5) is 9.43. The van der Waals surface area contributed by atoms with E-state index in [0.29, 0.717) is 12.1 Å². The van der Waals surface area contributed by atoms with E-state index in [4.69, 9.17) is 16.7 Å². The SMILES string of the molecule is O=C(O)c1cc(S(=O)(=O)C(F)(F)F)ccc1Cl. The maximum atomic E-state index is 12.2. The minimum atomic E-state index is -5.57. The summed E-state index contributed by atoms with van der Waals surface area (Å²) in [6.45, 7) is 0. The Morgan fingerprint density at radius 1 is 1.29 bits per heavy atom. The van der Waals surface area contributed by atoms with Gasteiger partial charge in [0.1, 0.15) is 0 Å². The van der Waals surface area contributed by atoms with E-state index in [9.17, 15) is 26.4 Å². The number of carboxylic acids is 1. The first kappa shape index (κ1) is 13.8. The zero-order valence-electron chi connectivity index (χ0n) is 7.82. The largest absolute Gasteiger partial charge is 0.501 e. The Morgan fingerprint density at radius 3 is 2.24 bits per heavy atom. The number of hydrogen-bond acceptors (Lipinski definition) is 3. The van der Waals surface area contributed by atoms with Gasteiger partial charge >= 0.3 is 11.5 Å². The van der Waals surface area contributed by atoms with Crippen LogP contribution in [0, 0.1) is 0 Å². The van der Waals surface area contributed by atoms with Crippen molar-refractivity contribution >= 4 is 27.4 Å². The van der Waals surface area contributed by atoms with Gasteiger partial charge in [0.05, 0.1) is 15.5 Å². The minimum Gasteiger partial charge on any atom is -0.478 e. The van der Waals surface area contributed by atoms with Crippen LogP contribution in [0.4, 0.5) is 13.2 Å². The average Bonchev–Trinajstić information content (AvgIpc) is 2.15. The van der Waals surface area contributed by atoms with Crippen molar-refractivity contribution in [3.63, 3.8) is 0 Å². The highest BCUT2D eigenvalue weighted by atomic mass is 35.5. The number of sulfone groups is 1. The van der Waals surface area contributed by atoms with E-state index in [1.807, 2.05) is 0 Å². The number of benzene rings is 1. The number of hydrogen-bond donors (Lipinski definition) is 1. The van der Waals surface area contributed by atoms with Crippen LogP contribution < -0.4 is 0 Å². The van der Waals surface area contributed by atoms with Crippen LogP contribution in [0.25, 0.3) is 0 Å². The summed E-state index contributed by atoms with van der Waals surface area (Å²) in [5, 5.41) is 8.25. The van der Waals surface area contributed by atoms with Crippen molar-refractivity contribution in [2.45, 2.75) is 10.4 Å². The maximum Gasteiger partial charge on any atom is 0.501 e. The van der Waals surface area contributed by atoms with Crippen molar-refractivity contribution in [1.82, 2.24) is 0 Å². The highest BCUT2D eigenvalue weighted by Crippen LogP contribution is 2.31. The Bertz CT molecular complexity index is 565. The van der Waals surface area contributed by atoms with Gasteiger partial charge < -0.3 is 5.11 Å². The van der Waals surface area contributed by atoms with Crippen LogP contribution in [0.2, 0.25) is 5.02 Å². The second-order valence-corrected chi connectivity index (χ2v) is 5.24. The van der Waals surface area contributed by atoms with Crippen molar-refractivity contribution in [3.8, 4) is 0 Å². The topological polar surface area (TPSA) is 71.4 Å². The number of alkyl halides is 3. The molecular weight excluding hydrogens is 285 g/mol. The van der Waals surface area contributed by atoms with Gasteiger partial charge in [-0.2, -0.15) is 13.2 Å². The highest BCUT2D eigenvalue weighted by molar-refractivity contribution is 7.92. The average molecular weight is 289 g/mol. The Hall–Kier alpha value is -1.28. The van der Waals surface area contributed by atoms with Gasteiger partial charge in [-0.05, 0) is 18.2 Å². The lowest BCUT2D eigenvalue weighted by Crippen LogP contribution is -2.23. The fourth-order valence-electron chi connectivity index (χ4n) is 0.969. The monoisotopic (exact) mass is 288 g/mol. The van der Waals surface area contributed by atoms with E-state index in [2.05, 4.69) is 0 Å². The first-order chi connectivity index (χ1) is 7.57. The predicted octanol–water partition coefficient (Wildman–Crippen LogP) is 2.33. The second kappa shape index (κ2) is 4.19. The molecule has 0 fully saturated rings. The molecule has 0 unspecified atom stereocenters. The second-order valence-electron chi connectivity index (χ2n) is 2.90. The smallest absolute Gasteiger partial charge is 0.478 e. The zero-order valence-corrected chi connectivity index (χ0v) is 9.40. The molecule has 0 aliphatic rings. The van der Waals surface area contributed by atoms with Gasteiger partial charge in [0, 0.05) is 0 Å². The third kappa shape index (κ3) is 2.52. The van der Waals surface area contributed by atoms with Crippen LogP contribution >= 0.6 is 11.6 Å². The van der Waals surface area contributed by atoms with Crippen molar-refractivity contribution < 1.29 is 31.5 Å². The molecule has 0 aromatic heterocycles. The lowest BCUT2D eigenvalue weighted by molar-refractivity contribution is -0.0436. The summed E-state index contributed by atoms with van der Waals surface area (Å²) < 4.78 is 58.5. The van der Waals surface area contributed by atoms with Crippen LogP contribution in [0.1, 0.15) is 10.4 Å². The summed E-state index contributed by atoms with van der Waals surface area (Å²) in [6.07, 6.45) is 0. The van der Waals surface area contributed by atoms with Gasteiger partial charge in [0.25, 0.3) is 9.84 Å². The quantitative estimate of drug-likeness (QED) is 0.906. The van der Waals surface area contributed by atoms with E-state index >= 15 is 0 Å². The van der Waals surface area contributed by atoms with E-state index in [-0.39, 0.29) is 5.02 Å². The molecule has 1 N–H and O–H groups in total. The third-order valence-electron chi connectivity index (χ3n) is 1.78. The molecule has 17 heavy (non-hydrogen) atoms. The number of carboxylic acid groups (broad SMARTS) is 1. The van der Waals surface area contributed by atoms with Crippen molar-refractivity contribution in [2.75, 3.05) is 0 Å². The molecule has 0 spiro atoms. The normalized spacial score (nSPS) is 12.5. The minimum absolute atomic E-state index is 0.348. The molecule has 9 heteroatoms. The van der Waals surface area contributed by atoms with Gasteiger partial charge in [-0.25, -0.2) is 13.2 Å². The number of halogens is 4. The first-order valence-electron chi connectivity index (χ1n) is 3.91. The highest BCUT2D eigenvalue weighted by Gasteiger charge is 2.47. The van der Waals surface area contributed by atoms with E-state index in [1.54, 1.807) is 0 Å². The molecule has 0 saturated carbocycles. The number of aromatic carboxylic acids is 1. The fourth-order valence-corrected chi connectivity index (χ4v) is 1.95. The van der Waals surface area contributed by atoms with Crippen molar-refractivity contribution in [2.24, 2.45) is 0 Å². The number of carbonyl (C=O) groups is 1. The van der Waals surface area contributed by atoms with Crippen LogP contribution in [-0.4, -0.2) is 25.0 Å². The lowest BCUT2D eigenvalue weighted by atomic mass is 10.2. The molecule has 4 nitrogen and oxygen atoms in total. The standard InChI is InChI=1S/C8H4ClF3O4S/c9-6-2-1-4(3-5(6)7(13)14)17(15,16)8(10,11)12/h1-3H,(H,13,14). The summed E-state index contributed by atoms with van der Waals surface area (Å²) in [5.74, 6) is -1.62. The molecule has 0 amide bonds. The van der Waals surface area contributed by atoms with Crippen molar-refractivity contribution in [1.29, 1.82) is 0 Å². The third-order valence-corrected chi connectivity index (χ3v) is 3.60. The van der Waals surface area contributed by atoms with E-state index in [0.717, 1.165) is 6.07 Å². The van der Waals surface area contributed by atoms with Crippen LogP contribution in [0.3, 0.4) is 0 Å². The van der Waals surface area contributed by atoms with Gasteiger partial charge in [-0.1, -0.05) is 11.6 Å². The summed E-state index contributed by atoms with van der Waals surface area (Å²) in [5.41, 5.74) is -6.20. The molecular formula is C8H4ClF3O4S. The Labute approximate surface area is 98.5 Å². The molecule has 1 aromatic rings. The maximum absolute atomic E-state index is 12.2. The van der Waals surface area contributed by atoms with Gasteiger partial charge in [0.15, 0.2) is 0 Å². The molecule has 94 valence electrons. The van der Waals surface area contributed by atoms with E-state index < -0.39 is 31.8 Å². The summed E-state index contributed by atoms with van der Waals surface area (Å²) in [7, 11) is -5.57. The molecule has 1 rings (SSSR count). The van der Waals surface area contributed by atoms with Gasteiger partial charge in [-0.15, -0.1) is 0 Å². The number of rotatable bonds is 2. The zero-order chi connectivity index (χ0) is 13.4. The fraction of sp³-hybridized carbons (Fsp3) is 0.125. The van der Waals surface area contributed by atoms with Crippen LogP contribution in [0.15, 0.2) is 23.1 Å². The van der Waals surface area contributed by atoms with E-state index in [1.165, 1.54) is 0 Å². The lowest BCUT2D eigenvalue weighted by Gasteiger charge is -2.09. The van der Waals surface area contributed by atoms with Crippen LogP contribution in [-0.2, 0) is 9.84 Å². The molecule has 0 aliphatic carbocycles. The Morgan fingerprint density at radius 2 is 1.82 bits per heavy atom. The van der Waals surface area contributed by atoms with Crippen molar-refractivity contribution in [3.05, 3.63) is 28.8 Å². The summed E-state index contributed by atoms with van der Waals surface area (Å²) >= 11 is 5.40. The first-order valence-corrected chi connectivity index (χ1v) is 5.77.